The SMILES string of the molecule is Nc1ncc(-c2cccc(NS(=O)(=O)CCN3CCCCC3)c2)cc1OCc1c(F)ccc(F)c1Cl. The van der Waals surface area contributed by atoms with E-state index >= 15 is 0 Å². The third-order valence-corrected chi connectivity index (χ3v) is 7.66. The molecule has 1 saturated heterocycles. The Hall–Kier alpha value is -2.95. The molecule has 0 amide bonds. The van der Waals surface area contributed by atoms with Gasteiger partial charge in [-0.2, -0.15) is 0 Å². The fourth-order valence-corrected chi connectivity index (χ4v) is 5.30. The summed E-state index contributed by atoms with van der Waals surface area (Å²) < 4.78 is 61.3. The molecule has 192 valence electrons. The molecule has 0 saturated carbocycles. The lowest BCUT2D eigenvalue weighted by Crippen LogP contribution is -2.35. The molecule has 4 rings (SSSR count). The number of hydrogen-bond donors (Lipinski definition) is 2. The molecule has 36 heavy (non-hydrogen) atoms. The van der Waals surface area contributed by atoms with Crippen LogP contribution in [0.2, 0.25) is 5.02 Å². The van der Waals surface area contributed by atoms with E-state index in [0.29, 0.717) is 23.4 Å². The lowest BCUT2D eigenvalue weighted by Gasteiger charge is -2.26. The standard InChI is InChI=1S/C25H27ClF2N4O3S/c26-24-20(21(27)7-8-22(24)28)16-35-23-14-18(15-30-25(23)29)17-5-4-6-19(13-17)31-36(33,34)12-11-32-9-2-1-3-10-32/h4-8,13-15,31H,1-3,9-12,16H2,(H2,29,30). The van der Waals surface area contributed by atoms with Gasteiger partial charge in [0.15, 0.2) is 11.6 Å². The molecule has 0 unspecified atom stereocenters. The molecule has 1 fully saturated rings. The van der Waals surface area contributed by atoms with Gasteiger partial charge in [-0.05, 0) is 61.8 Å². The van der Waals surface area contributed by atoms with Crippen LogP contribution in [0.5, 0.6) is 5.75 Å². The number of rotatable bonds is 9. The minimum absolute atomic E-state index is 0.0117. The molecule has 11 heteroatoms. The van der Waals surface area contributed by atoms with Gasteiger partial charge in [0.2, 0.25) is 10.0 Å². The van der Waals surface area contributed by atoms with Crippen LogP contribution in [-0.4, -0.2) is 43.7 Å². The van der Waals surface area contributed by atoms with Crippen LogP contribution in [0.3, 0.4) is 0 Å². The van der Waals surface area contributed by atoms with Crippen molar-refractivity contribution < 1.29 is 21.9 Å². The van der Waals surface area contributed by atoms with E-state index in [-0.39, 0.29) is 34.5 Å². The van der Waals surface area contributed by atoms with Gasteiger partial charge in [0, 0.05) is 29.6 Å². The number of ether oxygens (including phenoxy) is 1. The lowest BCUT2D eigenvalue weighted by molar-refractivity contribution is 0.241. The minimum Gasteiger partial charge on any atom is -0.485 e. The Morgan fingerprint density at radius 2 is 1.81 bits per heavy atom. The van der Waals surface area contributed by atoms with Crippen LogP contribution in [0.1, 0.15) is 24.8 Å². The summed E-state index contributed by atoms with van der Waals surface area (Å²) in [5.74, 6) is -1.24. The topological polar surface area (TPSA) is 97.5 Å². The Morgan fingerprint density at radius 1 is 1.06 bits per heavy atom. The zero-order valence-electron chi connectivity index (χ0n) is 19.5. The van der Waals surface area contributed by atoms with Gasteiger partial charge in [-0.15, -0.1) is 0 Å². The average Bonchev–Trinajstić information content (AvgIpc) is 2.87. The highest BCUT2D eigenvalue weighted by Crippen LogP contribution is 2.31. The molecule has 1 aromatic heterocycles. The third-order valence-electron chi connectivity index (χ3n) is 5.99. The molecule has 0 atom stereocenters. The molecular formula is C25H27ClF2N4O3S. The predicted octanol–water partition coefficient (Wildman–Crippen LogP) is 5.07. The Labute approximate surface area is 214 Å². The number of anilines is 2. The minimum atomic E-state index is -3.53. The highest BCUT2D eigenvalue weighted by molar-refractivity contribution is 7.92. The Balaban J connectivity index is 1.46. The number of likely N-dealkylation sites (tertiary alicyclic amines) is 1. The summed E-state index contributed by atoms with van der Waals surface area (Å²) in [6.07, 6.45) is 4.90. The molecule has 3 aromatic rings. The summed E-state index contributed by atoms with van der Waals surface area (Å²) in [7, 11) is -3.53. The molecule has 0 aliphatic carbocycles. The average molecular weight is 537 g/mol. The lowest BCUT2D eigenvalue weighted by atomic mass is 10.1. The Kier molecular flexibility index (Phi) is 8.28. The maximum Gasteiger partial charge on any atom is 0.233 e. The number of aromatic nitrogens is 1. The number of nitrogen functional groups attached to an aromatic ring is 1. The van der Waals surface area contributed by atoms with Crippen LogP contribution in [0.25, 0.3) is 11.1 Å². The number of nitrogens with two attached hydrogens (primary N) is 1. The van der Waals surface area contributed by atoms with E-state index in [4.69, 9.17) is 22.1 Å². The van der Waals surface area contributed by atoms with E-state index in [1.807, 2.05) is 0 Å². The normalized spacial score (nSPS) is 14.5. The van der Waals surface area contributed by atoms with E-state index in [2.05, 4.69) is 14.6 Å². The maximum atomic E-state index is 14.1. The number of nitrogens with zero attached hydrogens (tertiary/aromatic N) is 2. The molecule has 0 radical (unpaired) electrons. The van der Waals surface area contributed by atoms with Crippen molar-refractivity contribution in [3.63, 3.8) is 0 Å². The number of hydrogen-bond acceptors (Lipinski definition) is 6. The fourth-order valence-electron chi connectivity index (χ4n) is 4.01. The van der Waals surface area contributed by atoms with Crippen LogP contribution in [-0.2, 0) is 16.6 Å². The molecule has 2 heterocycles. The largest absolute Gasteiger partial charge is 0.485 e. The van der Waals surface area contributed by atoms with E-state index in [1.54, 1.807) is 30.3 Å². The van der Waals surface area contributed by atoms with Crippen molar-refractivity contribution in [2.45, 2.75) is 25.9 Å². The van der Waals surface area contributed by atoms with Gasteiger partial charge in [0.1, 0.15) is 18.2 Å². The van der Waals surface area contributed by atoms with E-state index in [9.17, 15) is 17.2 Å². The van der Waals surface area contributed by atoms with Gasteiger partial charge in [0.25, 0.3) is 0 Å². The third kappa shape index (κ3) is 6.63. The summed E-state index contributed by atoms with van der Waals surface area (Å²) in [6.45, 7) is 2.00. The number of pyridine rings is 1. The van der Waals surface area contributed by atoms with Gasteiger partial charge in [-0.1, -0.05) is 30.2 Å². The highest BCUT2D eigenvalue weighted by Gasteiger charge is 2.17. The van der Waals surface area contributed by atoms with Crippen molar-refractivity contribution in [3.05, 3.63) is 70.9 Å². The van der Waals surface area contributed by atoms with Crippen LogP contribution >= 0.6 is 11.6 Å². The van der Waals surface area contributed by atoms with Crippen molar-refractivity contribution >= 4 is 33.1 Å². The predicted molar refractivity (Wildman–Crippen MR) is 137 cm³/mol. The van der Waals surface area contributed by atoms with Gasteiger partial charge in [0.05, 0.1) is 10.8 Å². The van der Waals surface area contributed by atoms with Gasteiger partial charge >= 0.3 is 0 Å². The number of halogens is 3. The smallest absolute Gasteiger partial charge is 0.233 e. The zero-order valence-corrected chi connectivity index (χ0v) is 21.1. The van der Waals surface area contributed by atoms with Crippen molar-refractivity contribution in [1.29, 1.82) is 0 Å². The van der Waals surface area contributed by atoms with Gasteiger partial charge in [-0.3, -0.25) is 4.72 Å². The van der Waals surface area contributed by atoms with E-state index in [1.165, 1.54) is 12.6 Å². The molecular weight excluding hydrogens is 510 g/mol. The first-order valence-corrected chi connectivity index (χ1v) is 13.6. The molecule has 3 N–H and O–H groups in total. The molecule has 1 aliphatic rings. The van der Waals surface area contributed by atoms with Crippen molar-refractivity contribution in [2.75, 3.05) is 35.8 Å². The second-order valence-electron chi connectivity index (χ2n) is 8.62. The zero-order chi connectivity index (χ0) is 25.7. The molecule has 1 aliphatic heterocycles. The second-order valence-corrected chi connectivity index (χ2v) is 10.8. The number of sulfonamides is 1. The van der Waals surface area contributed by atoms with Crippen molar-refractivity contribution in [2.24, 2.45) is 0 Å². The quantitative estimate of drug-likeness (QED) is 0.371. The molecule has 0 spiro atoms. The van der Waals surface area contributed by atoms with Crippen molar-refractivity contribution in [1.82, 2.24) is 9.88 Å². The summed E-state index contributed by atoms with van der Waals surface area (Å²) in [5.41, 5.74) is 7.45. The molecule has 0 bridgehead atoms. The summed E-state index contributed by atoms with van der Waals surface area (Å²) in [6, 6.07) is 10.3. The highest BCUT2D eigenvalue weighted by atomic mass is 35.5. The van der Waals surface area contributed by atoms with Crippen LogP contribution in [0.4, 0.5) is 20.3 Å². The first-order valence-electron chi connectivity index (χ1n) is 11.6. The number of nitrogens with one attached hydrogen (secondary N) is 1. The van der Waals surface area contributed by atoms with Crippen LogP contribution in [0, 0.1) is 11.6 Å². The van der Waals surface area contributed by atoms with Crippen molar-refractivity contribution in [3.8, 4) is 16.9 Å². The van der Waals surface area contributed by atoms with Crippen LogP contribution in [0.15, 0.2) is 48.7 Å². The summed E-state index contributed by atoms with van der Waals surface area (Å²) in [4.78, 5) is 6.29. The fraction of sp³-hybridized carbons (Fsp3) is 0.320. The monoisotopic (exact) mass is 536 g/mol. The summed E-state index contributed by atoms with van der Waals surface area (Å²) >= 11 is 5.87. The first kappa shape index (κ1) is 26.1. The van der Waals surface area contributed by atoms with E-state index < -0.39 is 21.7 Å². The first-order chi connectivity index (χ1) is 17.2. The second kappa shape index (κ2) is 11.4. The Morgan fingerprint density at radius 3 is 2.58 bits per heavy atom. The number of benzene rings is 2. The summed E-state index contributed by atoms with van der Waals surface area (Å²) in [5, 5.41) is -0.363. The van der Waals surface area contributed by atoms with Crippen LogP contribution < -0.4 is 15.2 Å². The van der Waals surface area contributed by atoms with Gasteiger partial charge in [-0.25, -0.2) is 22.2 Å². The molecule has 7 nitrogen and oxygen atoms in total. The Bertz CT molecular complexity index is 1330. The van der Waals surface area contributed by atoms with E-state index in [0.717, 1.165) is 38.1 Å². The number of piperidine rings is 1. The molecule has 2 aromatic carbocycles. The van der Waals surface area contributed by atoms with Gasteiger partial charge < -0.3 is 15.4 Å². The maximum absolute atomic E-state index is 14.1.